The van der Waals surface area contributed by atoms with E-state index in [1.54, 1.807) is 0 Å². The largest absolute Gasteiger partial charge is 0.392 e. The van der Waals surface area contributed by atoms with Crippen LogP contribution >= 0.6 is 0 Å². The Kier molecular flexibility index (Phi) is 4.30. The number of allylic oxidation sites excluding steroid dienone is 2. The van der Waals surface area contributed by atoms with Gasteiger partial charge in [0.2, 0.25) is 0 Å². The van der Waals surface area contributed by atoms with Crippen molar-refractivity contribution in [2.24, 2.45) is 22.7 Å². The molecule has 0 aromatic carbocycles. The Morgan fingerprint density at radius 2 is 1.88 bits per heavy atom. The highest BCUT2D eigenvalue weighted by Crippen LogP contribution is 2.58. The molecular weight excluding hydrogens is 304 g/mol. The molecule has 0 aromatic rings. The minimum absolute atomic E-state index is 0.0805. The summed E-state index contributed by atoms with van der Waals surface area (Å²) in [6.07, 6.45) is 3.58. The summed E-state index contributed by atoms with van der Waals surface area (Å²) in [6, 6.07) is 0. The average Bonchev–Trinajstić information content (AvgIpc) is 2.62. The number of hydrogen-bond donors (Lipinski definition) is 3. The van der Waals surface area contributed by atoms with E-state index in [9.17, 15) is 20.1 Å². The van der Waals surface area contributed by atoms with Gasteiger partial charge < -0.3 is 15.3 Å². The standard InChI is InChI=1S/C20H30O4/c1-11(2)16-18(24)17(23)14-9-13-12(10-21)15(22)5-6-19(13,3)7-8-20(14,16)4/h9,11,15-16,18,21-22,24H,5-8,10H2,1-4H3/t15-,16?,18-,19-,20-/m1/s1. The summed E-state index contributed by atoms with van der Waals surface area (Å²) < 4.78 is 0. The molecule has 4 nitrogen and oxygen atoms in total. The maximum absolute atomic E-state index is 12.8. The Balaban J connectivity index is 2.20. The van der Waals surface area contributed by atoms with Crippen LogP contribution in [0.4, 0.5) is 0 Å². The summed E-state index contributed by atoms with van der Waals surface area (Å²) in [7, 11) is 0. The van der Waals surface area contributed by atoms with Gasteiger partial charge in [0, 0.05) is 16.9 Å². The summed E-state index contributed by atoms with van der Waals surface area (Å²) in [6.45, 7) is 8.23. The number of fused-ring (bicyclic) bond motifs is 2. The van der Waals surface area contributed by atoms with E-state index in [4.69, 9.17) is 0 Å². The van der Waals surface area contributed by atoms with E-state index in [-0.39, 0.29) is 35.1 Å². The summed E-state index contributed by atoms with van der Waals surface area (Å²) >= 11 is 0. The summed E-state index contributed by atoms with van der Waals surface area (Å²) in [5, 5.41) is 30.6. The predicted molar refractivity (Wildman–Crippen MR) is 92.2 cm³/mol. The van der Waals surface area contributed by atoms with Gasteiger partial charge in [-0.15, -0.1) is 0 Å². The highest BCUT2D eigenvalue weighted by atomic mass is 16.3. The number of hydrogen-bond acceptors (Lipinski definition) is 4. The number of carbonyl (C=O) groups is 1. The van der Waals surface area contributed by atoms with Crippen LogP contribution < -0.4 is 0 Å². The van der Waals surface area contributed by atoms with Crippen molar-refractivity contribution < 1.29 is 20.1 Å². The average molecular weight is 334 g/mol. The molecule has 3 aliphatic carbocycles. The minimum atomic E-state index is -0.947. The second-order valence-corrected chi connectivity index (χ2v) is 8.77. The number of aliphatic hydroxyl groups is 3. The first-order chi connectivity index (χ1) is 11.2. The molecule has 0 aromatic heterocycles. The van der Waals surface area contributed by atoms with Gasteiger partial charge in [-0.2, -0.15) is 0 Å². The zero-order chi connectivity index (χ0) is 17.9. The monoisotopic (exact) mass is 334 g/mol. The predicted octanol–water partition coefficient (Wildman–Crippen LogP) is 2.38. The molecular formula is C20H30O4. The second kappa shape index (κ2) is 5.79. The molecule has 24 heavy (non-hydrogen) atoms. The number of ketones is 1. The molecule has 1 fully saturated rings. The summed E-state index contributed by atoms with van der Waals surface area (Å²) in [5.74, 6) is -0.0435. The molecule has 5 atom stereocenters. The van der Waals surface area contributed by atoms with Crippen LogP contribution in [0.3, 0.4) is 0 Å². The van der Waals surface area contributed by atoms with Crippen LogP contribution in [0.25, 0.3) is 0 Å². The van der Waals surface area contributed by atoms with Crippen molar-refractivity contribution in [2.45, 2.75) is 65.6 Å². The van der Waals surface area contributed by atoms with Crippen molar-refractivity contribution in [3.05, 3.63) is 22.8 Å². The Morgan fingerprint density at radius 1 is 1.21 bits per heavy atom. The molecule has 3 aliphatic rings. The van der Waals surface area contributed by atoms with Gasteiger partial charge in [0.1, 0.15) is 6.10 Å². The maximum atomic E-state index is 12.8. The van der Waals surface area contributed by atoms with Crippen LogP contribution in [0.15, 0.2) is 22.8 Å². The van der Waals surface area contributed by atoms with E-state index >= 15 is 0 Å². The number of rotatable bonds is 2. The van der Waals surface area contributed by atoms with Gasteiger partial charge in [-0.25, -0.2) is 0 Å². The molecule has 1 unspecified atom stereocenters. The van der Waals surface area contributed by atoms with Crippen LogP contribution in [0.1, 0.15) is 53.4 Å². The zero-order valence-electron chi connectivity index (χ0n) is 15.2. The first-order valence-electron chi connectivity index (χ1n) is 9.12. The van der Waals surface area contributed by atoms with Crippen molar-refractivity contribution in [3.8, 4) is 0 Å². The SMILES string of the molecule is CC(C)C1[C@@H](O)C(=O)C2=CC3=C(CO)[C@H](O)CC[C@]3(C)CC[C@]21C. The molecule has 4 heteroatoms. The third-order valence-electron chi connectivity index (χ3n) is 6.97. The van der Waals surface area contributed by atoms with Crippen molar-refractivity contribution in [3.63, 3.8) is 0 Å². The first-order valence-corrected chi connectivity index (χ1v) is 9.12. The molecule has 0 heterocycles. The highest BCUT2D eigenvalue weighted by molar-refractivity contribution is 6.03. The van der Waals surface area contributed by atoms with E-state index in [1.165, 1.54) is 0 Å². The summed E-state index contributed by atoms with van der Waals surface area (Å²) in [4.78, 5) is 12.8. The topological polar surface area (TPSA) is 77.8 Å². The van der Waals surface area contributed by atoms with Crippen molar-refractivity contribution in [1.29, 1.82) is 0 Å². The molecule has 0 amide bonds. The normalized spacial score (nSPS) is 42.8. The van der Waals surface area contributed by atoms with Crippen molar-refractivity contribution >= 4 is 5.78 Å². The van der Waals surface area contributed by atoms with Gasteiger partial charge in [-0.1, -0.05) is 33.8 Å². The van der Waals surface area contributed by atoms with Crippen molar-refractivity contribution in [1.82, 2.24) is 0 Å². The van der Waals surface area contributed by atoms with Crippen LogP contribution in [-0.4, -0.2) is 39.9 Å². The summed E-state index contributed by atoms with van der Waals surface area (Å²) in [5.41, 5.74) is 1.80. The van der Waals surface area contributed by atoms with Crippen molar-refractivity contribution in [2.75, 3.05) is 6.61 Å². The molecule has 3 rings (SSSR count). The zero-order valence-corrected chi connectivity index (χ0v) is 15.2. The number of carbonyl (C=O) groups excluding carboxylic acids is 1. The van der Waals surface area contributed by atoms with Gasteiger partial charge in [0.15, 0.2) is 5.78 Å². The van der Waals surface area contributed by atoms with Crippen LogP contribution in [0, 0.1) is 22.7 Å². The molecule has 0 bridgehead atoms. The van der Waals surface area contributed by atoms with E-state index < -0.39 is 12.2 Å². The van der Waals surface area contributed by atoms with Crippen LogP contribution in [0.2, 0.25) is 0 Å². The molecule has 0 saturated heterocycles. The van der Waals surface area contributed by atoms with Crippen LogP contribution in [-0.2, 0) is 4.79 Å². The fraction of sp³-hybridized carbons (Fsp3) is 0.750. The Bertz CT molecular complexity index is 617. The van der Waals surface area contributed by atoms with Gasteiger partial charge in [0.05, 0.1) is 12.7 Å². The first kappa shape index (κ1) is 17.8. The smallest absolute Gasteiger partial charge is 0.188 e. The number of aliphatic hydroxyl groups excluding tert-OH is 3. The second-order valence-electron chi connectivity index (χ2n) is 8.77. The molecule has 0 radical (unpaired) electrons. The van der Waals surface area contributed by atoms with E-state index in [0.717, 1.165) is 24.8 Å². The number of Topliss-reactive ketones (excluding diaryl/α,β-unsaturated/α-hetero) is 1. The fourth-order valence-electron chi connectivity index (χ4n) is 5.50. The lowest BCUT2D eigenvalue weighted by atomic mass is 9.65. The third-order valence-corrected chi connectivity index (χ3v) is 6.97. The minimum Gasteiger partial charge on any atom is -0.392 e. The van der Waals surface area contributed by atoms with Gasteiger partial charge in [-0.3, -0.25) is 4.79 Å². The lowest BCUT2D eigenvalue weighted by Gasteiger charge is -2.40. The molecule has 1 saturated carbocycles. The van der Waals surface area contributed by atoms with Gasteiger partial charge in [-0.05, 0) is 48.2 Å². The molecule has 0 spiro atoms. The quantitative estimate of drug-likeness (QED) is 0.724. The molecule has 134 valence electrons. The Morgan fingerprint density at radius 3 is 2.46 bits per heavy atom. The van der Waals surface area contributed by atoms with Gasteiger partial charge >= 0.3 is 0 Å². The molecule has 3 N–H and O–H groups in total. The van der Waals surface area contributed by atoms with E-state index in [0.29, 0.717) is 17.6 Å². The maximum Gasteiger partial charge on any atom is 0.188 e. The molecule has 0 aliphatic heterocycles. The highest BCUT2D eigenvalue weighted by Gasteiger charge is 2.56. The lowest BCUT2D eigenvalue weighted by Crippen LogP contribution is -2.35. The third kappa shape index (κ3) is 2.34. The van der Waals surface area contributed by atoms with E-state index in [1.807, 2.05) is 6.08 Å². The Labute approximate surface area is 144 Å². The van der Waals surface area contributed by atoms with E-state index in [2.05, 4.69) is 27.7 Å². The Hall–Kier alpha value is -0.970. The van der Waals surface area contributed by atoms with Gasteiger partial charge in [0.25, 0.3) is 0 Å². The fourth-order valence-corrected chi connectivity index (χ4v) is 5.50. The van der Waals surface area contributed by atoms with Crippen LogP contribution in [0.5, 0.6) is 0 Å². The lowest BCUT2D eigenvalue weighted by molar-refractivity contribution is -0.123.